The molecule has 1 aromatic rings. The second-order valence-corrected chi connectivity index (χ2v) is 5.43. The summed E-state index contributed by atoms with van der Waals surface area (Å²) in [6.07, 6.45) is 2.08. The average molecular weight is 246 g/mol. The number of hydrogen-bond donors (Lipinski definition) is 0. The zero-order chi connectivity index (χ0) is 10.8. The van der Waals surface area contributed by atoms with E-state index in [-0.39, 0.29) is 5.38 Å². The Kier molecular flexibility index (Phi) is 3.46. The Morgan fingerprint density at radius 1 is 1.53 bits per heavy atom. The Morgan fingerprint density at radius 3 is 2.93 bits per heavy atom. The van der Waals surface area contributed by atoms with Crippen molar-refractivity contribution in [3.05, 3.63) is 5.82 Å². The standard InChI is InChI=1S/C10H16ClN3S/c1-3-4-9-12-10(15-13-9)14-5-7(2)8(11)6-14/h7-8H,3-6H2,1-2H3. The lowest BCUT2D eigenvalue weighted by molar-refractivity contribution is 0.666. The van der Waals surface area contributed by atoms with E-state index in [1.54, 1.807) is 0 Å². The van der Waals surface area contributed by atoms with Gasteiger partial charge in [0.2, 0.25) is 5.13 Å². The van der Waals surface area contributed by atoms with Crippen molar-refractivity contribution in [2.24, 2.45) is 5.92 Å². The maximum Gasteiger partial charge on any atom is 0.205 e. The van der Waals surface area contributed by atoms with Crippen molar-refractivity contribution in [1.82, 2.24) is 9.36 Å². The highest BCUT2D eigenvalue weighted by atomic mass is 35.5. The lowest BCUT2D eigenvalue weighted by Gasteiger charge is -2.12. The molecule has 0 N–H and O–H groups in total. The largest absolute Gasteiger partial charge is 0.345 e. The van der Waals surface area contributed by atoms with Gasteiger partial charge in [-0.15, -0.1) is 11.6 Å². The highest BCUT2D eigenvalue weighted by Crippen LogP contribution is 2.28. The zero-order valence-electron chi connectivity index (χ0n) is 9.11. The molecule has 0 bridgehead atoms. The zero-order valence-corrected chi connectivity index (χ0v) is 10.7. The van der Waals surface area contributed by atoms with Crippen LogP contribution in [0.15, 0.2) is 0 Å². The molecule has 0 saturated carbocycles. The molecule has 1 aliphatic rings. The van der Waals surface area contributed by atoms with E-state index < -0.39 is 0 Å². The molecule has 1 aliphatic heterocycles. The third kappa shape index (κ3) is 2.42. The van der Waals surface area contributed by atoms with Crippen molar-refractivity contribution in [3.63, 3.8) is 0 Å². The molecule has 2 atom stereocenters. The molecule has 84 valence electrons. The Morgan fingerprint density at radius 2 is 2.33 bits per heavy atom. The molecule has 2 unspecified atom stereocenters. The Labute approximate surface area is 99.6 Å². The first-order valence-electron chi connectivity index (χ1n) is 5.42. The van der Waals surface area contributed by atoms with E-state index in [0.717, 1.165) is 36.9 Å². The Balaban J connectivity index is 2.04. The highest BCUT2D eigenvalue weighted by molar-refractivity contribution is 7.09. The van der Waals surface area contributed by atoms with E-state index in [9.17, 15) is 0 Å². The minimum absolute atomic E-state index is 0.253. The van der Waals surface area contributed by atoms with E-state index in [1.807, 2.05) is 0 Å². The molecule has 3 nitrogen and oxygen atoms in total. The molecule has 0 aromatic carbocycles. The van der Waals surface area contributed by atoms with Gasteiger partial charge in [-0.1, -0.05) is 13.8 Å². The predicted octanol–water partition coefficient (Wildman–Crippen LogP) is 2.55. The van der Waals surface area contributed by atoms with Crippen LogP contribution in [0.2, 0.25) is 0 Å². The van der Waals surface area contributed by atoms with E-state index >= 15 is 0 Å². The number of aryl methyl sites for hydroxylation is 1. The van der Waals surface area contributed by atoms with Gasteiger partial charge in [0.1, 0.15) is 5.82 Å². The lowest BCUT2D eigenvalue weighted by atomic mass is 10.2. The van der Waals surface area contributed by atoms with Gasteiger partial charge in [0.15, 0.2) is 0 Å². The Bertz CT molecular complexity index is 318. The smallest absolute Gasteiger partial charge is 0.205 e. The third-order valence-corrected chi connectivity index (χ3v) is 4.11. The van der Waals surface area contributed by atoms with E-state index in [1.165, 1.54) is 11.5 Å². The van der Waals surface area contributed by atoms with Gasteiger partial charge in [-0.05, 0) is 12.3 Å². The quantitative estimate of drug-likeness (QED) is 0.767. The highest BCUT2D eigenvalue weighted by Gasteiger charge is 2.29. The summed E-state index contributed by atoms with van der Waals surface area (Å²) in [6, 6.07) is 0. The summed E-state index contributed by atoms with van der Waals surface area (Å²) in [4.78, 5) is 6.77. The predicted molar refractivity (Wildman–Crippen MR) is 64.9 cm³/mol. The molecule has 0 amide bonds. The summed E-state index contributed by atoms with van der Waals surface area (Å²) < 4.78 is 4.35. The van der Waals surface area contributed by atoms with Gasteiger partial charge in [0.05, 0.1) is 5.38 Å². The van der Waals surface area contributed by atoms with Crippen molar-refractivity contribution in [2.75, 3.05) is 18.0 Å². The second-order valence-electron chi connectivity index (χ2n) is 4.14. The average Bonchev–Trinajstić information content (AvgIpc) is 2.76. The maximum atomic E-state index is 6.19. The normalized spacial score (nSPS) is 26.2. The van der Waals surface area contributed by atoms with Crippen molar-refractivity contribution < 1.29 is 0 Å². The molecule has 5 heteroatoms. The summed E-state index contributed by atoms with van der Waals surface area (Å²) >= 11 is 7.69. The number of hydrogen-bond acceptors (Lipinski definition) is 4. The van der Waals surface area contributed by atoms with Crippen LogP contribution < -0.4 is 4.90 Å². The molecular formula is C10H16ClN3S. The van der Waals surface area contributed by atoms with Crippen LogP contribution in [-0.2, 0) is 6.42 Å². The summed E-state index contributed by atoms with van der Waals surface area (Å²) in [5.41, 5.74) is 0. The molecule has 2 heterocycles. The number of halogens is 1. The van der Waals surface area contributed by atoms with Gasteiger partial charge in [-0.3, -0.25) is 0 Å². The molecule has 1 aromatic heterocycles. The number of aromatic nitrogens is 2. The molecule has 0 aliphatic carbocycles. The summed E-state index contributed by atoms with van der Waals surface area (Å²) in [5.74, 6) is 1.52. The third-order valence-electron chi connectivity index (χ3n) is 2.72. The first-order valence-corrected chi connectivity index (χ1v) is 6.63. The van der Waals surface area contributed by atoms with Crippen LogP contribution in [0.3, 0.4) is 0 Å². The minimum Gasteiger partial charge on any atom is -0.345 e. The van der Waals surface area contributed by atoms with Crippen LogP contribution in [0.1, 0.15) is 26.1 Å². The summed E-state index contributed by atoms with van der Waals surface area (Å²) in [5, 5.41) is 1.29. The van der Waals surface area contributed by atoms with Gasteiger partial charge in [0.25, 0.3) is 0 Å². The summed E-state index contributed by atoms with van der Waals surface area (Å²) in [7, 11) is 0. The van der Waals surface area contributed by atoms with Gasteiger partial charge >= 0.3 is 0 Å². The Hall–Kier alpha value is -0.350. The maximum absolute atomic E-state index is 6.19. The van der Waals surface area contributed by atoms with E-state index in [4.69, 9.17) is 11.6 Å². The van der Waals surface area contributed by atoms with Gasteiger partial charge < -0.3 is 4.90 Å². The fraction of sp³-hybridized carbons (Fsp3) is 0.800. The van der Waals surface area contributed by atoms with Crippen molar-refractivity contribution in [2.45, 2.75) is 32.1 Å². The summed E-state index contributed by atoms with van der Waals surface area (Å²) in [6.45, 7) is 6.25. The molecule has 1 saturated heterocycles. The lowest BCUT2D eigenvalue weighted by Crippen LogP contribution is -2.19. The van der Waals surface area contributed by atoms with E-state index in [2.05, 4.69) is 28.1 Å². The molecule has 0 radical (unpaired) electrons. The van der Waals surface area contributed by atoms with Gasteiger partial charge in [-0.2, -0.15) is 4.37 Å². The fourth-order valence-electron chi connectivity index (χ4n) is 1.78. The van der Waals surface area contributed by atoms with Crippen molar-refractivity contribution in [3.8, 4) is 0 Å². The van der Waals surface area contributed by atoms with Crippen LogP contribution in [0.4, 0.5) is 5.13 Å². The number of rotatable bonds is 3. The van der Waals surface area contributed by atoms with Crippen molar-refractivity contribution >= 4 is 28.3 Å². The first kappa shape index (κ1) is 11.1. The van der Waals surface area contributed by atoms with Crippen LogP contribution in [0.5, 0.6) is 0 Å². The minimum atomic E-state index is 0.253. The molecular weight excluding hydrogens is 230 g/mol. The monoisotopic (exact) mass is 245 g/mol. The molecule has 1 fully saturated rings. The molecule has 15 heavy (non-hydrogen) atoms. The number of anilines is 1. The fourth-order valence-corrected chi connectivity index (χ4v) is 2.76. The van der Waals surface area contributed by atoms with Crippen molar-refractivity contribution in [1.29, 1.82) is 0 Å². The van der Waals surface area contributed by atoms with Crippen LogP contribution in [-0.4, -0.2) is 27.8 Å². The van der Waals surface area contributed by atoms with Crippen LogP contribution >= 0.6 is 23.1 Å². The van der Waals surface area contributed by atoms with Crippen LogP contribution in [0, 0.1) is 5.92 Å². The topological polar surface area (TPSA) is 29.0 Å². The van der Waals surface area contributed by atoms with Crippen LogP contribution in [0.25, 0.3) is 0 Å². The molecule has 0 spiro atoms. The first-order chi connectivity index (χ1) is 7.20. The van der Waals surface area contributed by atoms with E-state index in [0.29, 0.717) is 5.92 Å². The second kappa shape index (κ2) is 4.66. The SMILES string of the molecule is CCCc1nsc(N2CC(C)C(Cl)C2)n1. The van der Waals surface area contributed by atoms with Gasteiger partial charge in [-0.25, -0.2) is 4.98 Å². The van der Waals surface area contributed by atoms with Gasteiger partial charge in [0, 0.05) is 31.0 Å². The number of alkyl halides is 1. The number of nitrogens with zero attached hydrogens (tertiary/aromatic N) is 3. The molecule has 2 rings (SSSR count).